The smallest absolute Gasteiger partial charge is 0.251 e. The number of hydrogen-bond donors (Lipinski definition) is 1. The molecule has 0 saturated heterocycles. The van der Waals surface area contributed by atoms with Crippen LogP contribution in [0.1, 0.15) is 16.1 Å². The van der Waals surface area contributed by atoms with E-state index in [2.05, 4.69) is 10.3 Å². The Labute approximate surface area is 102 Å². The van der Waals surface area contributed by atoms with Crippen molar-refractivity contribution in [3.8, 4) is 0 Å². The molecule has 3 rings (SSSR count). The molecule has 0 atom stereocenters. The zero-order chi connectivity index (χ0) is 12.4. The van der Waals surface area contributed by atoms with Gasteiger partial charge in [-0.3, -0.25) is 4.79 Å². The minimum atomic E-state index is -0.176. The van der Waals surface area contributed by atoms with Crippen molar-refractivity contribution in [1.29, 1.82) is 0 Å². The van der Waals surface area contributed by atoms with E-state index in [1.807, 2.05) is 0 Å². The predicted octanol–water partition coefficient (Wildman–Crippen LogP) is 2.35. The van der Waals surface area contributed by atoms with Gasteiger partial charge in [-0.2, -0.15) is 0 Å². The van der Waals surface area contributed by atoms with Crippen LogP contribution in [0.4, 0.5) is 0 Å². The molecule has 90 valence electrons. The van der Waals surface area contributed by atoms with Crippen molar-refractivity contribution in [2.24, 2.45) is 0 Å². The maximum atomic E-state index is 11.9. The Kier molecular flexibility index (Phi) is 2.57. The predicted molar refractivity (Wildman–Crippen MR) is 63.9 cm³/mol. The molecule has 3 aromatic rings. The number of furan rings is 1. The van der Waals surface area contributed by atoms with Crippen LogP contribution in [0.5, 0.6) is 0 Å². The molecule has 1 amide bonds. The number of fused-ring (bicyclic) bond motifs is 1. The molecule has 2 aromatic heterocycles. The van der Waals surface area contributed by atoms with Crippen LogP contribution in [0, 0.1) is 0 Å². The Balaban J connectivity index is 1.75. The van der Waals surface area contributed by atoms with Crippen molar-refractivity contribution in [2.45, 2.75) is 6.54 Å². The summed E-state index contributed by atoms with van der Waals surface area (Å²) in [5.74, 6) is 0.536. The van der Waals surface area contributed by atoms with Gasteiger partial charge in [-0.05, 0) is 30.3 Å². The van der Waals surface area contributed by atoms with E-state index < -0.39 is 0 Å². The van der Waals surface area contributed by atoms with Gasteiger partial charge in [-0.15, -0.1) is 0 Å². The quantitative estimate of drug-likeness (QED) is 0.765. The number of hydrogen-bond acceptors (Lipinski definition) is 4. The molecule has 1 aromatic carbocycles. The molecule has 5 nitrogen and oxygen atoms in total. The Morgan fingerprint density at radius 3 is 3.06 bits per heavy atom. The number of carbonyl (C=O) groups excluding carboxylic acids is 1. The lowest BCUT2D eigenvalue weighted by molar-refractivity contribution is 0.0948. The number of nitrogens with one attached hydrogen (secondary N) is 1. The molecule has 0 unspecified atom stereocenters. The molecule has 0 aliphatic heterocycles. The van der Waals surface area contributed by atoms with E-state index in [0.717, 1.165) is 5.52 Å². The van der Waals surface area contributed by atoms with Crippen molar-refractivity contribution in [3.63, 3.8) is 0 Å². The topological polar surface area (TPSA) is 68.3 Å². The highest BCUT2D eigenvalue weighted by molar-refractivity contribution is 5.96. The SMILES string of the molecule is O=C(NCc1ccco1)c1ccc2ncoc2c1. The number of rotatable bonds is 3. The molecule has 0 radical (unpaired) electrons. The first-order valence-electron chi connectivity index (χ1n) is 5.47. The van der Waals surface area contributed by atoms with Gasteiger partial charge >= 0.3 is 0 Å². The highest BCUT2D eigenvalue weighted by atomic mass is 16.3. The summed E-state index contributed by atoms with van der Waals surface area (Å²) in [6.45, 7) is 0.361. The van der Waals surface area contributed by atoms with Crippen LogP contribution < -0.4 is 5.32 Å². The van der Waals surface area contributed by atoms with Crippen LogP contribution in [0.3, 0.4) is 0 Å². The molecule has 0 saturated carbocycles. The van der Waals surface area contributed by atoms with Crippen LogP contribution in [0.2, 0.25) is 0 Å². The highest BCUT2D eigenvalue weighted by Gasteiger charge is 2.08. The van der Waals surface area contributed by atoms with E-state index >= 15 is 0 Å². The summed E-state index contributed by atoms with van der Waals surface area (Å²) in [6.07, 6.45) is 2.93. The largest absolute Gasteiger partial charge is 0.467 e. The van der Waals surface area contributed by atoms with E-state index in [1.54, 1.807) is 36.6 Å². The Morgan fingerprint density at radius 1 is 1.28 bits per heavy atom. The van der Waals surface area contributed by atoms with Crippen molar-refractivity contribution < 1.29 is 13.6 Å². The molecule has 18 heavy (non-hydrogen) atoms. The van der Waals surface area contributed by atoms with Crippen LogP contribution >= 0.6 is 0 Å². The number of aromatic nitrogens is 1. The lowest BCUT2D eigenvalue weighted by Gasteiger charge is -2.02. The third-order valence-electron chi connectivity index (χ3n) is 2.60. The summed E-state index contributed by atoms with van der Waals surface area (Å²) in [6, 6.07) is 8.71. The van der Waals surface area contributed by atoms with Crippen molar-refractivity contribution >= 4 is 17.0 Å². The van der Waals surface area contributed by atoms with E-state index in [1.165, 1.54) is 6.39 Å². The van der Waals surface area contributed by atoms with Crippen molar-refractivity contribution in [3.05, 3.63) is 54.3 Å². The second kappa shape index (κ2) is 4.37. The first-order chi connectivity index (χ1) is 8.83. The lowest BCUT2D eigenvalue weighted by Crippen LogP contribution is -2.22. The fraction of sp³-hybridized carbons (Fsp3) is 0.0769. The molecule has 5 heteroatoms. The number of benzene rings is 1. The third-order valence-corrected chi connectivity index (χ3v) is 2.60. The normalized spacial score (nSPS) is 10.7. The zero-order valence-corrected chi connectivity index (χ0v) is 9.42. The van der Waals surface area contributed by atoms with E-state index in [4.69, 9.17) is 8.83 Å². The number of carbonyl (C=O) groups is 1. The molecule has 0 fully saturated rings. The first kappa shape index (κ1) is 10.6. The monoisotopic (exact) mass is 242 g/mol. The highest BCUT2D eigenvalue weighted by Crippen LogP contribution is 2.14. The Morgan fingerprint density at radius 2 is 2.22 bits per heavy atom. The van der Waals surface area contributed by atoms with E-state index in [-0.39, 0.29) is 5.91 Å². The van der Waals surface area contributed by atoms with Crippen molar-refractivity contribution in [1.82, 2.24) is 10.3 Å². The molecule has 0 bridgehead atoms. The fourth-order valence-corrected chi connectivity index (χ4v) is 1.68. The van der Waals surface area contributed by atoms with E-state index in [9.17, 15) is 4.79 Å². The van der Waals surface area contributed by atoms with Crippen LogP contribution in [-0.4, -0.2) is 10.9 Å². The summed E-state index contributed by atoms with van der Waals surface area (Å²) in [5.41, 5.74) is 1.86. The van der Waals surface area contributed by atoms with Crippen molar-refractivity contribution in [2.75, 3.05) is 0 Å². The van der Waals surface area contributed by atoms with Gasteiger partial charge in [0.15, 0.2) is 12.0 Å². The Hall–Kier alpha value is -2.56. The van der Waals surface area contributed by atoms with Gasteiger partial charge in [0.1, 0.15) is 11.3 Å². The van der Waals surface area contributed by atoms with Gasteiger partial charge in [-0.25, -0.2) is 4.98 Å². The standard InChI is InChI=1S/C13H10N2O3/c16-13(14-7-10-2-1-5-17-10)9-3-4-11-12(6-9)18-8-15-11/h1-6,8H,7H2,(H,14,16). The molecular formula is C13H10N2O3. The summed E-state index contributed by atoms with van der Waals surface area (Å²) >= 11 is 0. The van der Waals surface area contributed by atoms with Gasteiger partial charge in [0.25, 0.3) is 5.91 Å². The molecule has 1 N–H and O–H groups in total. The fourth-order valence-electron chi connectivity index (χ4n) is 1.68. The lowest BCUT2D eigenvalue weighted by atomic mass is 10.2. The number of oxazole rings is 1. The van der Waals surface area contributed by atoms with Gasteiger partial charge in [-0.1, -0.05) is 0 Å². The minimum Gasteiger partial charge on any atom is -0.467 e. The maximum absolute atomic E-state index is 11.9. The van der Waals surface area contributed by atoms with Gasteiger partial charge in [0.2, 0.25) is 0 Å². The van der Waals surface area contributed by atoms with Gasteiger partial charge in [0.05, 0.1) is 12.8 Å². The molecule has 0 aliphatic carbocycles. The average Bonchev–Trinajstić information content (AvgIpc) is 3.05. The number of nitrogens with zero attached hydrogens (tertiary/aromatic N) is 1. The average molecular weight is 242 g/mol. The van der Waals surface area contributed by atoms with Crippen LogP contribution in [0.25, 0.3) is 11.1 Å². The van der Waals surface area contributed by atoms with Crippen LogP contribution in [-0.2, 0) is 6.54 Å². The summed E-state index contributed by atoms with van der Waals surface area (Å²) in [4.78, 5) is 15.9. The second-order valence-corrected chi connectivity index (χ2v) is 3.80. The molecular weight excluding hydrogens is 232 g/mol. The minimum absolute atomic E-state index is 0.176. The molecule has 0 spiro atoms. The second-order valence-electron chi connectivity index (χ2n) is 3.80. The number of amides is 1. The summed E-state index contributed by atoms with van der Waals surface area (Å²) < 4.78 is 10.3. The van der Waals surface area contributed by atoms with Gasteiger partial charge in [0, 0.05) is 5.56 Å². The van der Waals surface area contributed by atoms with Crippen LogP contribution in [0.15, 0.2) is 51.8 Å². The summed E-state index contributed by atoms with van der Waals surface area (Å²) in [5, 5.41) is 2.76. The first-order valence-corrected chi connectivity index (χ1v) is 5.47. The Bertz CT molecular complexity index is 670. The van der Waals surface area contributed by atoms with E-state index in [0.29, 0.717) is 23.5 Å². The molecule has 0 aliphatic rings. The zero-order valence-electron chi connectivity index (χ0n) is 9.42. The van der Waals surface area contributed by atoms with Gasteiger partial charge < -0.3 is 14.2 Å². The summed E-state index contributed by atoms with van der Waals surface area (Å²) in [7, 11) is 0. The maximum Gasteiger partial charge on any atom is 0.251 e. The molecule has 2 heterocycles. The third kappa shape index (κ3) is 1.98.